The lowest BCUT2D eigenvalue weighted by Gasteiger charge is -2.10. The molecule has 0 aromatic heterocycles. The van der Waals surface area contributed by atoms with E-state index in [9.17, 15) is 0 Å². The minimum absolute atomic E-state index is 0.129. The molecular weight excluding hydrogens is 417 g/mol. The first-order valence-electron chi connectivity index (χ1n) is 12.5. The summed E-state index contributed by atoms with van der Waals surface area (Å²) in [4.78, 5) is 0. The van der Waals surface area contributed by atoms with E-state index in [2.05, 4.69) is 43.3 Å². The number of benzene rings is 4. The molecule has 0 saturated carbocycles. The molecule has 0 saturated heterocycles. The molecule has 0 spiro atoms. The molecule has 0 aliphatic carbocycles. The molecule has 0 atom stereocenters. The van der Waals surface area contributed by atoms with Crippen molar-refractivity contribution in [1.82, 2.24) is 0 Å². The van der Waals surface area contributed by atoms with Gasteiger partial charge >= 0.3 is 0 Å². The van der Waals surface area contributed by atoms with E-state index in [0.29, 0.717) is 17.4 Å². The van der Waals surface area contributed by atoms with Crippen molar-refractivity contribution in [2.75, 3.05) is 0 Å². The summed E-state index contributed by atoms with van der Waals surface area (Å²) in [5, 5.41) is 10.5. The van der Waals surface area contributed by atoms with Crippen LogP contribution in [0.2, 0.25) is 0 Å². The van der Waals surface area contributed by atoms with Crippen molar-refractivity contribution in [2.24, 2.45) is 0 Å². The molecule has 0 aliphatic rings. The number of unbranched alkanes of at least 4 members (excludes halogenated alkanes) is 4. The molecule has 1 nitrogen and oxygen atoms in total. The molecule has 4 aromatic carbocycles. The largest absolute Gasteiger partial charge is 0.206 e. The summed E-state index contributed by atoms with van der Waals surface area (Å²) in [5.74, 6) is -0.129. The van der Waals surface area contributed by atoms with E-state index >= 15 is 4.39 Å². The smallest absolute Gasteiger partial charge is 0.134 e. The monoisotopic (exact) mass is 449 g/mol. The topological polar surface area (TPSA) is 23.8 Å². The Labute approximate surface area is 202 Å². The number of nitrogens with zero attached hydrogens (tertiary/aromatic N) is 1. The molecule has 0 unspecified atom stereocenters. The van der Waals surface area contributed by atoms with Crippen molar-refractivity contribution in [1.29, 1.82) is 5.26 Å². The second-order valence-electron chi connectivity index (χ2n) is 9.14. The Morgan fingerprint density at radius 2 is 1.35 bits per heavy atom. The average Bonchev–Trinajstić information content (AvgIpc) is 2.89. The zero-order valence-electron chi connectivity index (χ0n) is 20.0. The maximum absolute atomic E-state index is 15.2. The second-order valence-corrected chi connectivity index (χ2v) is 9.14. The minimum atomic E-state index is -0.129. The van der Waals surface area contributed by atoms with Gasteiger partial charge in [0.2, 0.25) is 0 Å². The molecule has 2 heteroatoms. The third kappa shape index (κ3) is 5.91. The Morgan fingerprint density at radius 1 is 0.676 bits per heavy atom. The summed E-state index contributed by atoms with van der Waals surface area (Å²) in [5.41, 5.74) is 6.16. The van der Waals surface area contributed by atoms with E-state index in [-0.39, 0.29) is 5.82 Å². The Balaban J connectivity index is 1.43. The van der Waals surface area contributed by atoms with Crippen molar-refractivity contribution in [3.63, 3.8) is 0 Å². The van der Waals surface area contributed by atoms with Gasteiger partial charge in [0.15, 0.2) is 0 Å². The van der Waals surface area contributed by atoms with Gasteiger partial charge in [0.05, 0.1) is 11.6 Å². The highest BCUT2D eigenvalue weighted by Gasteiger charge is 2.09. The highest BCUT2D eigenvalue weighted by molar-refractivity contribution is 5.88. The van der Waals surface area contributed by atoms with Crippen molar-refractivity contribution >= 4 is 10.8 Å². The molecule has 0 N–H and O–H groups in total. The number of halogens is 1. The summed E-state index contributed by atoms with van der Waals surface area (Å²) < 4.78 is 15.2. The maximum atomic E-state index is 15.2. The minimum Gasteiger partial charge on any atom is -0.206 e. The van der Waals surface area contributed by atoms with Gasteiger partial charge in [-0.25, -0.2) is 4.39 Å². The number of nitriles is 1. The van der Waals surface area contributed by atoms with Gasteiger partial charge in [0.25, 0.3) is 0 Å². The lowest BCUT2D eigenvalue weighted by Crippen LogP contribution is -1.96. The van der Waals surface area contributed by atoms with Crippen molar-refractivity contribution < 1.29 is 4.39 Å². The maximum Gasteiger partial charge on any atom is 0.134 e. The molecule has 4 rings (SSSR count). The highest BCUT2D eigenvalue weighted by atomic mass is 19.1. The number of aryl methyl sites for hydroxylation is 3. The standard InChI is InChI=1S/C32H32FN/c1-2-3-4-5-6-7-24-12-15-27(16-13-24)29-20-21-31-30(22-29)19-18-28(32(31)33)17-14-25-8-10-26(23-34)11-9-25/h8-13,15-16,18-22H,2-7,14,17H2,1H3. The molecule has 0 heterocycles. The van der Waals surface area contributed by atoms with E-state index < -0.39 is 0 Å². The van der Waals surface area contributed by atoms with Crippen LogP contribution >= 0.6 is 0 Å². The fraction of sp³-hybridized carbons (Fsp3) is 0.281. The van der Waals surface area contributed by atoms with Crippen LogP contribution in [0, 0.1) is 17.1 Å². The predicted molar refractivity (Wildman–Crippen MR) is 140 cm³/mol. The van der Waals surface area contributed by atoms with Crippen LogP contribution in [0.3, 0.4) is 0 Å². The van der Waals surface area contributed by atoms with Gasteiger partial charge in [-0.3, -0.25) is 0 Å². The van der Waals surface area contributed by atoms with Crippen LogP contribution < -0.4 is 0 Å². The van der Waals surface area contributed by atoms with Crippen molar-refractivity contribution in [3.05, 3.63) is 107 Å². The number of rotatable bonds is 10. The molecule has 4 aromatic rings. The van der Waals surface area contributed by atoms with E-state index in [0.717, 1.165) is 34.9 Å². The third-order valence-electron chi connectivity index (χ3n) is 6.66. The molecule has 0 fully saturated rings. The Kier molecular flexibility index (Phi) is 8.10. The summed E-state index contributed by atoms with van der Waals surface area (Å²) in [7, 11) is 0. The van der Waals surface area contributed by atoms with Gasteiger partial charge in [-0.05, 0) is 77.1 Å². The first-order valence-corrected chi connectivity index (χ1v) is 12.5. The molecule has 34 heavy (non-hydrogen) atoms. The Hall–Kier alpha value is -3.44. The first-order chi connectivity index (χ1) is 16.7. The summed E-state index contributed by atoms with van der Waals surface area (Å²) in [6, 6.07) is 28.4. The third-order valence-corrected chi connectivity index (χ3v) is 6.66. The molecular formula is C32H32FN. The van der Waals surface area contributed by atoms with E-state index in [4.69, 9.17) is 5.26 Å². The van der Waals surface area contributed by atoms with Crippen LogP contribution in [0.5, 0.6) is 0 Å². The molecule has 172 valence electrons. The first kappa shape index (κ1) is 23.7. The molecule has 0 radical (unpaired) electrons. The fourth-order valence-electron chi connectivity index (χ4n) is 4.53. The van der Waals surface area contributed by atoms with Crippen LogP contribution in [0.1, 0.15) is 61.3 Å². The lowest BCUT2D eigenvalue weighted by atomic mass is 9.96. The van der Waals surface area contributed by atoms with E-state index in [1.54, 1.807) is 0 Å². The van der Waals surface area contributed by atoms with Gasteiger partial charge < -0.3 is 0 Å². The van der Waals surface area contributed by atoms with Crippen LogP contribution in [-0.4, -0.2) is 0 Å². The van der Waals surface area contributed by atoms with Crippen LogP contribution in [0.15, 0.2) is 78.9 Å². The Morgan fingerprint density at radius 3 is 2.09 bits per heavy atom. The summed E-state index contributed by atoms with van der Waals surface area (Å²) >= 11 is 0. The second kappa shape index (κ2) is 11.6. The number of hydrogen-bond donors (Lipinski definition) is 0. The highest BCUT2D eigenvalue weighted by Crippen LogP contribution is 2.28. The lowest BCUT2D eigenvalue weighted by molar-refractivity contribution is 0.620. The quantitative estimate of drug-likeness (QED) is 0.222. The number of hydrogen-bond acceptors (Lipinski definition) is 1. The van der Waals surface area contributed by atoms with Gasteiger partial charge in [-0.2, -0.15) is 5.26 Å². The van der Waals surface area contributed by atoms with E-state index in [1.807, 2.05) is 48.5 Å². The fourth-order valence-corrected chi connectivity index (χ4v) is 4.53. The van der Waals surface area contributed by atoms with Crippen LogP contribution in [0.25, 0.3) is 21.9 Å². The van der Waals surface area contributed by atoms with Crippen LogP contribution in [-0.2, 0) is 19.3 Å². The predicted octanol–water partition coefficient (Wildman–Crippen LogP) is 8.82. The SMILES string of the molecule is CCCCCCCc1ccc(-c2ccc3c(F)c(CCc4ccc(C#N)cc4)ccc3c2)cc1. The van der Waals surface area contributed by atoms with Crippen LogP contribution in [0.4, 0.5) is 4.39 Å². The van der Waals surface area contributed by atoms with E-state index in [1.165, 1.54) is 43.2 Å². The van der Waals surface area contributed by atoms with Gasteiger partial charge in [0.1, 0.15) is 5.82 Å². The molecule has 0 bridgehead atoms. The average molecular weight is 450 g/mol. The Bertz CT molecular complexity index is 1260. The molecule has 0 aliphatic heterocycles. The van der Waals surface area contributed by atoms with Crippen molar-refractivity contribution in [3.8, 4) is 17.2 Å². The molecule has 0 amide bonds. The normalized spacial score (nSPS) is 11.0. The zero-order chi connectivity index (χ0) is 23.8. The summed E-state index contributed by atoms with van der Waals surface area (Å²) in [6.45, 7) is 2.25. The number of fused-ring (bicyclic) bond motifs is 1. The van der Waals surface area contributed by atoms with Gasteiger partial charge in [-0.1, -0.05) is 93.3 Å². The van der Waals surface area contributed by atoms with Crippen molar-refractivity contribution in [2.45, 2.75) is 58.3 Å². The van der Waals surface area contributed by atoms with Gasteiger partial charge in [0, 0.05) is 5.39 Å². The summed E-state index contributed by atoms with van der Waals surface area (Å²) in [6.07, 6.45) is 9.03. The zero-order valence-corrected chi connectivity index (χ0v) is 20.0. The van der Waals surface area contributed by atoms with Gasteiger partial charge in [-0.15, -0.1) is 0 Å².